The molecule has 2 saturated carbocycles. The molecule has 4 N–H and O–H groups in total. The minimum absolute atomic E-state index is 0. The first kappa shape index (κ1) is 22.7. The van der Waals surface area contributed by atoms with E-state index in [1.165, 1.54) is 6.42 Å². The maximum absolute atomic E-state index is 12.7. The van der Waals surface area contributed by atoms with Crippen molar-refractivity contribution in [1.29, 1.82) is 0 Å². The minimum atomic E-state index is 0. The minimum Gasteiger partial charge on any atom is -0.353 e. The summed E-state index contributed by atoms with van der Waals surface area (Å²) in [6.07, 6.45) is 7.03. The number of nitrogens with one attached hydrogen (secondary N) is 2. The second-order valence-electron chi connectivity index (χ2n) is 7.86. The average Bonchev–Trinajstić information content (AvgIpc) is 2.62. The highest BCUT2D eigenvalue weighted by Gasteiger charge is 2.40. The van der Waals surface area contributed by atoms with E-state index in [1.54, 1.807) is 6.20 Å². The molecule has 28 heavy (non-hydrogen) atoms. The molecule has 2 amide bonds. The molecule has 2 unspecified atom stereocenters. The molecule has 0 radical (unpaired) electrons. The second-order valence-corrected chi connectivity index (χ2v) is 7.86. The molecule has 1 aliphatic heterocycles. The van der Waals surface area contributed by atoms with Crippen molar-refractivity contribution in [2.45, 2.75) is 38.1 Å². The normalized spacial score (nSPS) is 29.0. The van der Waals surface area contributed by atoms with Crippen molar-refractivity contribution in [2.24, 2.45) is 23.5 Å². The summed E-state index contributed by atoms with van der Waals surface area (Å²) < 4.78 is 0. The molecule has 7 nitrogen and oxygen atoms in total. The van der Waals surface area contributed by atoms with Gasteiger partial charge in [-0.25, -0.2) is 4.98 Å². The Hall–Kier alpha value is -1.57. The highest BCUT2D eigenvalue weighted by atomic mass is 35.5. The molecule has 2 heterocycles. The Morgan fingerprint density at radius 2 is 1.93 bits per heavy atom. The van der Waals surface area contributed by atoms with Crippen LogP contribution < -0.4 is 21.3 Å². The monoisotopic (exact) mass is 429 g/mol. The SMILES string of the molecule is Cl.Cl.NC1C2CCCC1CC(C(=O)Nc1ccc(N3CCNC(=O)C3)nc1)C2. The van der Waals surface area contributed by atoms with E-state index in [2.05, 4.69) is 15.6 Å². The first-order valence-corrected chi connectivity index (χ1v) is 9.64. The number of hydrogen-bond donors (Lipinski definition) is 3. The largest absolute Gasteiger partial charge is 0.353 e. The summed E-state index contributed by atoms with van der Waals surface area (Å²) in [6, 6.07) is 4.00. The highest BCUT2D eigenvalue weighted by Crippen LogP contribution is 2.42. The molecule has 3 fully saturated rings. The van der Waals surface area contributed by atoms with Crippen molar-refractivity contribution in [2.75, 3.05) is 29.9 Å². The summed E-state index contributed by atoms with van der Waals surface area (Å²) in [4.78, 5) is 30.5. The Labute approximate surface area is 178 Å². The van der Waals surface area contributed by atoms with E-state index in [0.717, 1.165) is 38.0 Å². The number of aromatic nitrogens is 1. The van der Waals surface area contributed by atoms with Gasteiger partial charge >= 0.3 is 0 Å². The van der Waals surface area contributed by atoms with Gasteiger partial charge in [0.2, 0.25) is 11.8 Å². The van der Waals surface area contributed by atoms with Gasteiger partial charge in [0, 0.05) is 25.0 Å². The summed E-state index contributed by atoms with van der Waals surface area (Å²) in [5, 5.41) is 5.82. The molecule has 9 heteroatoms. The Balaban J connectivity index is 0.00000140. The number of nitrogens with zero attached hydrogens (tertiary/aromatic N) is 2. The van der Waals surface area contributed by atoms with Crippen molar-refractivity contribution < 1.29 is 9.59 Å². The first-order chi connectivity index (χ1) is 12.6. The molecule has 2 atom stereocenters. The Morgan fingerprint density at radius 3 is 2.54 bits per heavy atom. The van der Waals surface area contributed by atoms with Crippen LogP contribution in [0.2, 0.25) is 0 Å². The van der Waals surface area contributed by atoms with Gasteiger partial charge in [-0.05, 0) is 49.7 Å². The lowest BCUT2D eigenvalue weighted by Crippen LogP contribution is -2.48. The molecule has 0 aromatic carbocycles. The van der Waals surface area contributed by atoms with Crippen LogP contribution in [0.5, 0.6) is 0 Å². The molecular weight excluding hydrogens is 401 g/mol. The van der Waals surface area contributed by atoms with Gasteiger partial charge in [0.15, 0.2) is 0 Å². The molecule has 1 aromatic heterocycles. The van der Waals surface area contributed by atoms with Gasteiger partial charge in [-0.2, -0.15) is 0 Å². The third-order valence-corrected chi connectivity index (χ3v) is 6.16. The zero-order chi connectivity index (χ0) is 18.1. The third-order valence-electron chi connectivity index (χ3n) is 6.16. The van der Waals surface area contributed by atoms with Crippen molar-refractivity contribution in [3.05, 3.63) is 18.3 Å². The van der Waals surface area contributed by atoms with Crippen LogP contribution in [0.3, 0.4) is 0 Å². The predicted octanol–water partition coefficient (Wildman–Crippen LogP) is 1.95. The Bertz CT molecular complexity index is 673. The maximum Gasteiger partial charge on any atom is 0.239 e. The molecule has 3 aliphatic rings. The molecule has 2 bridgehead atoms. The van der Waals surface area contributed by atoms with Crippen molar-refractivity contribution in [3.8, 4) is 0 Å². The number of anilines is 2. The third kappa shape index (κ3) is 4.88. The van der Waals surface area contributed by atoms with Gasteiger partial charge in [0.25, 0.3) is 0 Å². The first-order valence-electron chi connectivity index (χ1n) is 9.64. The smallest absolute Gasteiger partial charge is 0.239 e. The van der Waals surface area contributed by atoms with E-state index in [1.807, 2.05) is 17.0 Å². The van der Waals surface area contributed by atoms with Crippen molar-refractivity contribution in [3.63, 3.8) is 0 Å². The number of halogens is 2. The maximum atomic E-state index is 12.7. The van der Waals surface area contributed by atoms with Crippen LogP contribution in [-0.2, 0) is 9.59 Å². The average molecular weight is 430 g/mol. The number of nitrogens with two attached hydrogens (primary N) is 1. The fraction of sp³-hybridized carbons (Fsp3) is 0.632. The van der Waals surface area contributed by atoms with Gasteiger partial charge < -0.3 is 21.3 Å². The number of rotatable bonds is 3. The molecule has 1 saturated heterocycles. The van der Waals surface area contributed by atoms with Crippen molar-refractivity contribution >= 4 is 48.1 Å². The standard InChI is InChI=1S/C19H27N5O2.2ClH/c20-18-12-2-1-3-13(18)9-14(8-12)19(26)23-15-4-5-16(22-10-15)24-7-6-21-17(25)11-24;;/h4-5,10,12-14,18H,1-3,6-9,11,20H2,(H,21,25)(H,23,26);2*1H. The van der Waals surface area contributed by atoms with Crippen LogP contribution in [0.25, 0.3) is 0 Å². The number of pyridine rings is 1. The van der Waals surface area contributed by atoms with Crippen LogP contribution in [0.4, 0.5) is 11.5 Å². The predicted molar refractivity (Wildman–Crippen MR) is 114 cm³/mol. The van der Waals surface area contributed by atoms with E-state index in [4.69, 9.17) is 5.73 Å². The summed E-state index contributed by atoms with van der Waals surface area (Å²) in [5.74, 6) is 1.89. The van der Waals surface area contributed by atoms with Gasteiger partial charge in [0.05, 0.1) is 18.4 Å². The quantitative estimate of drug-likeness (QED) is 0.681. The number of carbonyl (C=O) groups is 2. The van der Waals surface area contributed by atoms with E-state index >= 15 is 0 Å². The summed E-state index contributed by atoms with van der Waals surface area (Å²) in [5.41, 5.74) is 7.03. The molecule has 2 aliphatic carbocycles. The highest BCUT2D eigenvalue weighted by molar-refractivity contribution is 5.92. The number of amides is 2. The van der Waals surface area contributed by atoms with Gasteiger partial charge in [-0.15, -0.1) is 24.8 Å². The second kappa shape index (κ2) is 9.76. The fourth-order valence-corrected chi connectivity index (χ4v) is 4.73. The van der Waals surface area contributed by atoms with Crippen LogP contribution in [0, 0.1) is 17.8 Å². The topological polar surface area (TPSA) is 100 Å². The number of carbonyl (C=O) groups excluding carboxylic acids is 2. The summed E-state index contributed by atoms with van der Waals surface area (Å²) in [6.45, 7) is 1.70. The fourth-order valence-electron chi connectivity index (χ4n) is 4.73. The molecule has 4 rings (SSSR count). The molecule has 156 valence electrons. The number of piperazine rings is 1. The Kier molecular flexibility index (Phi) is 7.92. The van der Waals surface area contributed by atoms with E-state index in [9.17, 15) is 9.59 Å². The molecule has 0 spiro atoms. The number of hydrogen-bond acceptors (Lipinski definition) is 5. The van der Waals surface area contributed by atoms with Crippen LogP contribution in [-0.4, -0.2) is 42.5 Å². The lowest BCUT2D eigenvalue weighted by atomic mass is 9.65. The molecular formula is C19H29Cl2N5O2. The Morgan fingerprint density at radius 1 is 1.21 bits per heavy atom. The molecule has 1 aromatic rings. The summed E-state index contributed by atoms with van der Waals surface area (Å²) >= 11 is 0. The van der Waals surface area contributed by atoms with Crippen LogP contribution >= 0.6 is 24.8 Å². The van der Waals surface area contributed by atoms with E-state index < -0.39 is 0 Å². The van der Waals surface area contributed by atoms with E-state index in [0.29, 0.717) is 30.6 Å². The van der Waals surface area contributed by atoms with Crippen LogP contribution in [0.15, 0.2) is 18.3 Å². The van der Waals surface area contributed by atoms with Gasteiger partial charge in [-0.1, -0.05) is 6.42 Å². The lowest BCUT2D eigenvalue weighted by Gasteiger charge is -2.43. The van der Waals surface area contributed by atoms with Crippen LogP contribution in [0.1, 0.15) is 32.1 Å². The van der Waals surface area contributed by atoms with Gasteiger partial charge in [0.1, 0.15) is 5.82 Å². The van der Waals surface area contributed by atoms with E-state index in [-0.39, 0.29) is 48.6 Å². The lowest BCUT2D eigenvalue weighted by molar-refractivity contribution is -0.122. The number of fused-ring (bicyclic) bond motifs is 2. The zero-order valence-electron chi connectivity index (χ0n) is 15.8. The summed E-state index contributed by atoms with van der Waals surface area (Å²) in [7, 11) is 0. The van der Waals surface area contributed by atoms with Gasteiger partial charge in [-0.3, -0.25) is 9.59 Å². The van der Waals surface area contributed by atoms with Crippen molar-refractivity contribution in [1.82, 2.24) is 10.3 Å². The zero-order valence-corrected chi connectivity index (χ0v) is 17.4.